The summed E-state index contributed by atoms with van der Waals surface area (Å²) in [7, 11) is 1.99. The number of carbonyl (C=O) groups is 1. The average Bonchev–Trinajstić information content (AvgIpc) is 2.83. The molecule has 0 amide bonds. The number of carboxylic acids is 1. The van der Waals surface area contributed by atoms with Gasteiger partial charge in [-0.2, -0.15) is 0 Å². The second kappa shape index (κ2) is 5.09. The van der Waals surface area contributed by atoms with Crippen molar-refractivity contribution < 1.29 is 9.90 Å². The molecule has 1 aliphatic rings. The Kier molecular flexibility index (Phi) is 3.28. The van der Waals surface area contributed by atoms with Gasteiger partial charge in [-0.05, 0) is 29.7 Å². The van der Waals surface area contributed by atoms with E-state index in [1.165, 1.54) is 5.56 Å². The number of carboxylic acid groups (broad SMARTS) is 1. The maximum absolute atomic E-state index is 11.0. The van der Waals surface area contributed by atoms with Crippen molar-refractivity contribution in [1.82, 2.24) is 14.5 Å². The van der Waals surface area contributed by atoms with Crippen LogP contribution in [0.5, 0.6) is 0 Å². The van der Waals surface area contributed by atoms with E-state index in [1.54, 1.807) is 18.3 Å². The Morgan fingerprint density at radius 2 is 2.25 bits per heavy atom. The molecule has 0 spiro atoms. The van der Waals surface area contributed by atoms with Crippen molar-refractivity contribution in [3.63, 3.8) is 0 Å². The maximum atomic E-state index is 11.0. The molecule has 0 aliphatic carbocycles. The first kappa shape index (κ1) is 12.9. The van der Waals surface area contributed by atoms with E-state index in [4.69, 9.17) is 5.11 Å². The normalized spacial score (nSPS) is 15.1. The topological polar surface area (TPSA) is 58.4 Å². The van der Waals surface area contributed by atoms with Gasteiger partial charge >= 0.3 is 5.97 Å². The summed E-state index contributed by atoms with van der Waals surface area (Å²) >= 11 is 0. The monoisotopic (exact) mass is 271 g/mol. The highest BCUT2D eigenvalue weighted by Gasteiger charge is 2.18. The minimum absolute atomic E-state index is 0.364. The van der Waals surface area contributed by atoms with Gasteiger partial charge in [0.25, 0.3) is 0 Å². The molecule has 0 radical (unpaired) electrons. The van der Waals surface area contributed by atoms with Crippen LogP contribution in [0.3, 0.4) is 0 Å². The molecule has 0 bridgehead atoms. The zero-order valence-corrected chi connectivity index (χ0v) is 11.4. The molecular weight excluding hydrogens is 254 g/mol. The van der Waals surface area contributed by atoms with Crippen LogP contribution in [0.1, 0.15) is 27.3 Å². The smallest absolute Gasteiger partial charge is 0.335 e. The van der Waals surface area contributed by atoms with Crippen LogP contribution in [0.4, 0.5) is 0 Å². The summed E-state index contributed by atoms with van der Waals surface area (Å²) in [4.78, 5) is 17.7. The molecule has 2 aromatic rings. The quantitative estimate of drug-likeness (QED) is 0.922. The van der Waals surface area contributed by atoms with Crippen LogP contribution in [0.2, 0.25) is 0 Å². The highest BCUT2D eigenvalue weighted by atomic mass is 16.4. The van der Waals surface area contributed by atoms with Crippen LogP contribution < -0.4 is 0 Å². The largest absolute Gasteiger partial charge is 0.478 e. The Morgan fingerprint density at radius 3 is 2.95 bits per heavy atom. The van der Waals surface area contributed by atoms with E-state index in [9.17, 15) is 4.79 Å². The van der Waals surface area contributed by atoms with E-state index < -0.39 is 5.97 Å². The molecule has 1 N–H and O–H groups in total. The highest BCUT2D eigenvalue weighted by molar-refractivity contribution is 5.87. The Hall–Kier alpha value is -2.14. The molecule has 0 saturated heterocycles. The number of aryl methyl sites for hydroxylation is 1. The molecule has 0 atom stereocenters. The van der Waals surface area contributed by atoms with Gasteiger partial charge in [-0.25, -0.2) is 9.78 Å². The molecule has 0 fully saturated rings. The Labute approximate surface area is 117 Å². The number of rotatable bonds is 3. The summed E-state index contributed by atoms with van der Waals surface area (Å²) < 4.78 is 2.02. The SMILES string of the molecule is Cn1ccnc1CN1CCc2ccc(C(=O)O)cc2C1. The van der Waals surface area contributed by atoms with Crippen molar-refractivity contribution in [3.8, 4) is 0 Å². The molecule has 5 nitrogen and oxygen atoms in total. The lowest BCUT2D eigenvalue weighted by Gasteiger charge is -2.28. The summed E-state index contributed by atoms with van der Waals surface area (Å²) in [6, 6.07) is 5.43. The first-order chi connectivity index (χ1) is 9.63. The van der Waals surface area contributed by atoms with Gasteiger partial charge in [0.2, 0.25) is 0 Å². The van der Waals surface area contributed by atoms with Crippen LogP contribution in [-0.2, 0) is 26.6 Å². The summed E-state index contributed by atoms with van der Waals surface area (Å²) in [6.45, 7) is 2.55. The Balaban J connectivity index is 1.78. The van der Waals surface area contributed by atoms with Crippen molar-refractivity contribution >= 4 is 5.97 Å². The molecule has 104 valence electrons. The standard InChI is InChI=1S/C15H17N3O2/c1-17-7-5-16-14(17)10-18-6-4-11-2-3-12(15(19)20)8-13(11)9-18/h2-3,5,7-8H,4,6,9-10H2,1H3,(H,19,20). The van der Waals surface area contributed by atoms with Crippen molar-refractivity contribution in [2.45, 2.75) is 19.5 Å². The van der Waals surface area contributed by atoms with Gasteiger partial charge in [-0.1, -0.05) is 6.07 Å². The minimum atomic E-state index is -0.867. The van der Waals surface area contributed by atoms with Gasteiger partial charge in [-0.3, -0.25) is 4.90 Å². The van der Waals surface area contributed by atoms with Gasteiger partial charge in [0, 0.05) is 32.5 Å². The van der Waals surface area contributed by atoms with E-state index in [2.05, 4.69) is 9.88 Å². The number of aromatic nitrogens is 2. The minimum Gasteiger partial charge on any atom is -0.478 e. The fourth-order valence-corrected chi connectivity index (χ4v) is 2.63. The van der Waals surface area contributed by atoms with E-state index in [1.807, 2.05) is 23.9 Å². The van der Waals surface area contributed by atoms with Gasteiger partial charge in [0.05, 0.1) is 12.1 Å². The molecular formula is C15H17N3O2. The molecule has 3 rings (SSSR count). The second-order valence-electron chi connectivity index (χ2n) is 5.20. The third-order valence-corrected chi connectivity index (χ3v) is 3.83. The number of aromatic carboxylic acids is 1. The van der Waals surface area contributed by atoms with Crippen molar-refractivity contribution in [2.24, 2.45) is 7.05 Å². The number of hydrogen-bond donors (Lipinski definition) is 1. The zero-order chi connectivity index (χ0) is 14.1. The predicted molar refractivity (Wildman–Crippen MR) is 74.4 cm³/mol. The summed E-state index contributed by atoms with van der Waals surface area (Å²) in [6.07, 6.45) is 4.70. The molecule has 1 aromatic heterocycles. The van der Waals surface area contributed by atoms with Crippen LogP contribution in [0.25, 0.3) is 0 Å². The maximum Gasteiger partial charge on any atom is 0.335 e. The molecule has 1 aliphatic heterocycles. The molecule has 1 aromatic carbocycles. The first-order valence-corrected chi connectivity index (χ1v) is 6.67. The average molecular weight is 271 g/mol. The molecule has 0 saturated carbocycles. The molecule has 2 heterocycles. The third-order valence-electron chi connectivity index (χ3n) is 3.83. The second-order valence-corrected chi connectivity index (χ2v) is 5.20. The fraction of sp³-hybridized carbons (Fsp3) is 0.333. The fourth-order valence-electron chi connectivity index (χ4n) is 2.63. The number of hydrogen-bond acceptors (Lipinski definition) is 3. The number of benzene rings is 1. The number of imidazole rings is 1. The lowest BCUT2D eigenvalue weighted by Crippen LogP contribution is -2.31. The summed E-state index contributed by atoms with van der Waals surface area (Å²) in [5, 5.41) is 9.07. The van der Waals surface area contributed by atoms with E-state index in [0.29, 0.717) is 5.56 Å². The van der Waals surface area contributed by atoms with Crippen LogP contribution >= 0.6 is 0 Å². The lowest BCUT2D eigenvalue weighted by molar-refractivity contribution is 0.0696. The molecule has 20 heavy (non-hydrogen) atoms. The predicted octanol–water partition coefficient (Wildman–Crippen LogP) is 1.68. The molecule has 5 heteroatoms. The van der Waals surface area contributed by atoms with E-state index in [-0.39, 0.29) is 0 Å². The van der Waals surface area contributed by atoms with Crippen LogP contribution in [0.15, 0.2) is 30.6 Å². The Morgan fingerprint density at radius 1 is 1.40 bits per heavy atom. The highest BCUT2D eigenvalue weighted by Crippen LogP contribution is 2.21. The van der Waals surface area contributed by atoms with Crippen LogP contribution in [0, 0.1) is 0 Å². The Bertz CT molecular complexity index is 648. The third kappa shape index (κ3) is 2.44. The number of fused-ring (bicyclic) bond motifs is 1. The molecule has 0 unspecified atom stereocenters. The zero-order valence-electron chi connectivity index (χ0n) is 11.4. The summed E-state index contributed by atoms with van der Waals surface area (Å²) in [5.41, 5.74) is 2.74. The van der Waals surface area contributed by atoms with Gasteiger partial charge in [-0.15, -0.1) is 0 Å². The lowest BCUT2D eigenvalue weighted by atomic mass is 9.97. The first-order valence-electron chi connectivity index (χ1n) is 6.67. The van der Waals surface area contributed by atoms with Gasteiger partial charge < -0.3 is 9.67 Å². The van der Waals surface area contributed by atoms with Crippen LogP contribution in [-0.4, -0.2) is 32.1 Å². The van der Waals surface area contributed by atoms with Crippen molar-refractivity contribution in [1.29, 1.82) is 0 Å². The van der Waals surface area contributed by atoms with Crippen molar-refractivity contribution in [3.05, 3.63) is 53.1 Å². The summed E-state index contributed by atoms with van der Waals surface area (Å²) in [5.74, 6) is 0.164. The van der Waals surface area contributed by atoms with Gasteiger partial charge in [0.1, 0.15) is 5.82 Å². The van der Waals surface area contributed by atoms with E-state index in [0.717, 1.165) is 37.4 Å². The van der Waals surface area contributed by atoms with Gasteiger partial charge in [0.15, 0.2) is 0 Å². The number of nitrogens with zero attached hydrogens (tertiary/aromatic N) is 3. The van der Waals surface area contributed by atoms with Crippen molar-refractivity contribution in [2.75, 3.05) is 6.54 Å². The van der Waals surface area contributed by atoms with E-state index >= 15 is 0 Å².